The van der Waals surface area contributed by atoms with Gasteiger partial charge in [0.2, 0.25) is 5.88 Å². The Bertz CT molecular complexity index is 1350. The average Bonchev–Trinajstić information content (AvgIpc) is 3.27. The van der Waals surface area contributed by atoms with Gasteiger partial charge in [0.15, 0.2) is 5.82 Å². The van der Waals surface area contributed by atoms with Gasteiger partial charge in [-0.05, 0) is 17.2 Å². The third-order valence-corrected chi connectivity index (χ3v) is 5.28. The second-order valence-corrected chi connectivity index (χ2v) is 7.80. The SMILES string of the molecule is COCc1nn(Cc2ccc(Cn3ccccc3=O)cc2)cc1C(=O)NCc1nccc(OC)n1. The van der Waals surface area contributed by atoms with E-state index in [1.165, 1.54) is 7.11 Å². The maximum Gasteiger partial charge on any atom is 0.255 e. The lowest BCUT2D eigenvalue weighted by Crippen LogP contribution is -2.24. The molecule has 4 aromatic rings. The molecule has 0 saturated heterocycles. The van der Waals surface area contributed by atoms with Crippen molar-refractivity contribution in [2.24, 2.45) is 0 Å². The number of carbonyl (C=O) groups excluding carboxylic acids is 1. The molecule has 1 aromatic carbocycles. The maximum atomic E-state index is 12.8. The lowest BCUT2D eigenvalue weighted by molar-refractivity contribution is 0.0944. The normalized spacial score (nSPS) is 10.8. The van der Waals surface area contributed by atoms with E-state index in [-0.39, 0.29) is 24.6 Å². The minimum absolute atomic E-state index is 0.0393. The van der Waals surface area contributed by atoms with Crippen molar-refractivity contribution in [3.8, 4) is 5.88 Å². The summed E-state index contributed by atoms with van der Waals surface area (Å²) in [5.74, 6) is 0.577. The average molecular weight is 475 g/mol. The second-order valence-electron chi connectivity index (χ2n) is 7.80. The Morgan fingerprint density at radius 1 is 1.03 bits per heavy atom. The zero-order valence-electron chi connectivity index (χ0n) is 19.5. The summed E-state index contributed by atoms with van der Waals surface area (Å²) in [5.41, 5.74) is 2.95. The topological polar surface area (TPSA) is 113 Å². The molecule has 0 aliphatic rings. The zero-order chi connectivity index (χ0) is 24.6. The molecular weight excluding hydrogens is 448 g/mol. The van der Waals surface area contributed by atoms with Gasteiger partial charge in [-0.1, -0.05) is 30.3 Å². The molecule has 3 aromatic heterocycles. The van der Waals surface area contributed by atoms with Gasteiger partial charge in [-0.2, -0.15) is 10.1 Å². The molecule has 0 aliphatic carbocycles. The van der Waals surface area contributed by atoms with Crippen molar-refractivity contribution in [1.82, 2.24) is 29.6 Å². The van der Waals surface area contributed by atoms with Crippen LogP contribution in [0.2, 0.25) is 0 Å². The molecule has 0 saturated carbocycles. The van der Waals surface area contributed by atoms with Crippen molar-refractivity contribution in [2.45, 2.75) is 26.2 Å². The molecule has 35 heavy (non-hydrogen) atoms. The Kier molecular flexibility index (Phi) is 7.63. The van der Waals surface area contributed by atoms with Gasteiger partial charge in [0.1, 0.15) is 5.69 Å². The fourth-order valence-electron chi connectivity index (χ4n) is 3.53. The number of nitrogens with one attached hydrogen (secondary N) is 1. The van der Waals surface area contributed by atoms with E-state index in [4.69, 9.17) is 9.47 Å². The number of rotatable bonds is 10. The van der Waals surface area contributed by atoms with Crippen LogP contribution in [-0.4, -0.2) is 44.4 Å². The molecule has 1 N–H and O–H groups in total. The quantitative estimate of drug-likeness (QED) is 0.374. The number of hydrogen-bond donors (Lipinski definition) is 1. The van der Waals surface area contributed by atoms with Gasteiger partial charge in [-0.3, -0.25) is 14.3 Å². The van der Waals surface area contributed by atoms with Crippen LogP contribution in [0.1, 0.15) is 33.0 Å². The molecule has 4 rings (SSSR count). The Labute approximate surface area is 202 Å². The van der Waals surface area contributed by atoms with Gasteiger partial charge in [-0.15, -0.1) is 0 Å². The van der Waals surface area contributed by atoms with Gasteiger partial charge in [0.25, 0.3) is 11.5 Å². The first-order valence-corrected chi connectivity index (χ1v) is 11.0. The molecule has 3 heterocycles. The molecule has 0 bridgehead atoms. The van der Waals surface area contributed by atoms with Crippen LogP contribution in [0.25, 0.3) is 0 Å². The van der Waals surface area contributed by atoms with Gasteiger partial charge in [0.05, 0.1) is 38.9 Å². The van der Waals surface area contributed by atoms with Gasteiger partial charge in [-0.25, -0.2) is 4.98 Å². The van der Waals surface area contributed by atoms with Crippen molar-refractivity contribution in [1.29, 1.82) is 0 Å². The highest BCUT2D eigenvalue weighted by Gasteiger charge is 2.17. The van der Waals surface area contributed by atoms with Gasteiger partial charge < -0.3 is 19.4 Å². The van der Waals surface area contributed by atoms with Crippen molar-refractivity contribution in [3.63, 3.8) is 0 Å². The van der Waals surface area contributed by atoms with Crippen LogP contribution in [-0.2, 0) is 31.0 Å². The van der Waals surface area contributed by atoms with Crippen LogP contribution in [0.4, 0.5) is 0 Å². The Morgan fingerprint density at radius 2 is 1.80 bits per heavy atom. The Morgan fingerprint density at radius 3 is 2.51 bits per heavy atom. The Hall–Kier alpha value is -4.31. The fourth-order valence-corrected chi connectivity index (χ4v) is 3.53. The van der Waals surface area contributed by atoms with E-state index in [9.17, 15) is 9.59 Å². The highest BCUT2D eigenvalue weighted by Crippen LogP contribution is 2.13. The summed E-state index contributed by atoms with van der Waals surface area (Å²) < 4.78 is 13.7. The predicted octanol–water partition coefficient (Wildman–Crippen LogP) is 2.02. The summed E-state index contributed by atoms with van der Waals surface area (Å²) in [4.78, 5) is 33.1. The number of carbonyl (C=O) groups is 1. The number of amides is 1. The molecule has 0 fully saturated rings. The van der Waals surface area contributed by atoms with Crippen molar-refractivity contribution < 1.29 is 14.3 Å². The van der Waals surface area contributed by atoms with Crippen LogP contribution in [0, 0.1) is 0 Å². The Balaban J connectivity index is 1.43. The summed E-state index contributed by atoms with van der Waals surface area (Å²) >= 11 is 0. The molecule has 1 amide bonds. The summed E-state index contributed by atoms with van der Waals surface area (Å²) in [7, 11) is 3.08. The monoisotopic (exact) mass is 474 g/mol. The van der Waals surface area contributed by atoms with E-state index in [0.717, 1.165) is 11.1 Å². The van der Waals surface area contributed by atoms with E-state index in [1.54, 1.807) is 53.1 Å². The van der Waals surface area contributed by atoms with Crippen LogP contribution >= 0.6 is 0 Å². The number of benzene rings is 1. The predicted molar refractivity (Wildman–Crippen MR) is 128 cm³/mol. The first-order chi connectivity index (χ1) is 17.1. The van der Waals surface area contributed by atoms with Gasteiger partial charge >= 0.3 is 0 Å². The number of pyridine rings is 1. The first-order valence-electron chi connectivity index (χ1n) is 11.0. The largest absolute Gasteiger partial charge is 0.481 e. The summed E-state index contributed by atoms with van der Waals surface area (Å²) in [5, 5.41) is 7.36. The van der Waals surface area contributed by atoms with E-state index >= 15 is 0 Å². The molecule has 0 aliphatic heterocycles. The maximum absolute atomic E-state index is 12.8. The number of aromatic nitrogens is 5. The van der Waals surface area contributed by atoms with E-state index < -0.39 is 0 Å². The molecule has 0 radical (unpaired) electrons. The third kappa shape index (κ3) is 6.18. The molecule has 0 atom stereocenters. The highest BCUT2D eigenvalue weighted by atomic mass is 16.5. The van der Waals surface area contributed by atoms with Crippen molar-refractivity contribution in [2.75, 3.05) is 14.2 Å². The van der Waals surface area contributed by atoms with Crippen LogP contribution < -0.4 is 15.6 Å². The molecule has 180 valence electrons. The van der Waals surface area contributed by atoms with E-state index in [0.29, 0.717) is 36.1 Å². The lowest BCUT2D eigenvalue weighted by atomic mass is 10.1. The number of ether oxygens (including phenoxy) is 2. The van der Waals surface area contributed by atoms with Crippen molar-refractivity contribution in [3.05, 3.63) is 106 Å². The minimum Gasteiger partial charge on any atom is -0.481 e. The molecular formula is C25H26N6O4. The summed E-state index contributed by atoms with van der Waals surface area (Å²) in [6, 6.07) is 14.7. The van der Waals surface area contributed by atoms with Gasteiger partial charge in [0, 0.05) is 37.8 Å². The molecule has 0 spiro atoms. The molecule has 10 nitrogen and oxygen atoms in total. The smallest absolute Gasteiger partial charge is 0.255 e. The van der Waals surface area contributed by atoms with Crippen LogP contribution in [0.3, 0.4) is 0 Å². The lowest BCUT2D eigenvalue weighted by Gasteiger charge is -2.07. The number of methoxy groups -OCH3 is 2. The second kappa shape index (κ2) is 11.2. The number of nitrogens with zero attached hydrogens (tertiary/aromatic N) is 5. The van der Waals surface area contributed by atoms with Crippen LogP contribution in [0.15, 0.2) is 71.9 Å². The fraction of sp³-hybridized carbons (Fsp3) is 0.240. The highest BCUT2D eigenvalue weighted by molar-refractivity contribution is 5.95. The zero-order valence-corrected chi connectivity index (χ0v) is 19.5. The summed E-state index contributed by atoms with van der Waals surface area (Å²) in [6.45, 7) is 1.34. The molecule has 10 heteroatoms. The van der Waals surface area contributed by atoms with Crippen molar-refractivity contribution >= 4 is 5.91 Å². The molecule has 0 unspecified atom stereocenters. The van der Waals surface area contributed by atoms with Crippen LogP contribution in [0.5, 0.6) is 5.88 Å². The van der Waals surface area contributed by atoms with E-state index in [2.05, 4.69) is 20.4 Å². The standard InChI is InChI=1S/C25H26N6O4/c1-34-17-21-20(25(33)27-13-22-26-11-10-23(28-22)35-2)16-31(29-21)15-19-8-6-18(7-9-19)14-30-12-4-3-5-24(30)32/h3-12,16H,13-15,17H2,1-2H3,(H,27,33). The van der Waals surface area contributed by atoms with E-state index in [1.807, 2.05) is 30.3 Å². The first kappa shape index (κ1) is 23.8. The number of hydrogen-bond acceptors (Lipinski definition) is 7. The minimum atomic E-state index is -0.293. The third-order valence-electron chi connectivity index (χ3n) is 5.28. The summed E-state index contributed by atoms with van der Waals surface area (Å²) in [6.07, 6.45) is 5.04.